The molecular weight excluding hydrogens is 248 g/mol. The van der Waals surface area contributed by atoms with Gasteiger partial charge in [-0.05, 0) is 13.3 Å². The van der Waals surface area contributed by atoms with E-state index in [9.17, 15) is 4.79 Å². The van der Waals surface area contributed by atoms with Crippen LogP contribution in [-0.4, -0.2) is 39.9 Å². The van der Waals surface area contributed by atoms with Crippen molar-refractivity contribution in [3.8, 4) is 0 Å². The monoisotopic (exact) mass is 266 g/mol. The summed E-state index contributed by atoms with van der Waals surface area (Å²) >= 11 is 0. The lowest BCUT2D eigenvalue weighted by molar-refractivity contribution is -0.164. The van der Waals surface area contributed by atoms with E-state index in [1.54, 1.807) is 4.68 Å². The van der Waals surface area contributed by atoms with E-state index in [0.717, 1.165) is 30.7 Å². The third kappa shape index (κ3) is 2.26. The zero-order valence-electron chi connectivity index (χ0n) is 11.0. The maximum atomic E-state index is 10.6. The van der Waals surface area contributed by atoms with Crippen molar-refractivity contribution in [2.24, 2.45) is 0 Å². The molecule has 1 aliphatic heterocycles. The van der Waals surface area contributed by atoms with Gasteiger partial charge in [0, 0.05) is 24.1 Å². The molecule has 6 heteroatoms. The zero-order chi connectivity index (χ0) is 13.5. The Balaban J connectivity index is 1.82. The summed E-state index contributed by atoms with van der Waals surface area (Å²) in [5.41, 5.74) is 3.26. The molecule has 1 aliphatic carbocycles. The Morgan fingerprint density at radius 1 is 1.47 bits per heavy atom. The van der Waals surface area contributed by atoms with Gasteiger partial charge in [0.1, 0.15) is 0 Å². The SMILES string of the molecule is Cc1c2c(nn1CCC(=O)O)CCC1(C2)OCCO1. The highest BCUT2D eigenvalue weighted by atomic mass is 16.7. The van der Waals surface area contributed by atoms with Crippen LogP contribution >= 0.6 is 0 Å². The number of rotatable bonds is 3. The van der Waals surface area contributed by atoms with E-state index < -0.39 is 11.8 Å². The Hall–Kier alpha value is -1.40. The summed E-state index contributed by atoms with van der Waals surface area (Å²) in [6.45, 7) is 3.72. The fourth-order valence-electron chi connectivity index (χ4n) is 2.91. The molecule has 0 amide bonds. The second-order valence-corrected chi connectivity index (χ2v) is 5.16. The standard InChI is InChI=1S/C13H18N2O4/c1-9-10-8-13(18-6-7-19-13)4-2-11(10)14-15(9)5-3-12(16)17/h2-8H2,1H3,(H,16,17). The molecule has 104 valence electrons. The molecule has 0 radical (unpaired) electrons. The minimum atomic E-state index is -0.799. The molecule has 2 aliphatic rings. The molecule has 3 rings (SSSR count). The quantitative estimate of drug-likeness (QED) is 0.879. The number of carbonyl (C=O) groups is 1. The molecular formula is C13H18N2O4. The molecule has 0 saturated carbocycles. The highest BCUT2D eigenvalue weighted by Crippen LogP contribution is 2.36. The van der Waals surface area contributed by atoms with Crippen molar-refractivity contribution in [2.75, 3.05) is 13.2 Å². The molecule has 1 fully saturated rings. The lowest BCUT2D eigenvalue weighted by atomic mass is 9.91. The molecule has 1 spiro atoms. The van der Waals surface area contributed by atoms with E-state index in [2.05, 4.69) is 5.10 Å². The van der Waals surface area contributed by atoms with E-state index in [4.69, 9.17) is 14.6 Å². The Kier molecular flexibility index (Phi) is 3.06. The van der Waals surface area contributed by atoms with Crippen LogP contribution in [0.2, 0.25) is 0 Å². The number of nitrogens with zero attached hydrogens (tertiary/aromatic N) is 2. The third-order valence-electron chi connectivity index (χ3n) is 3.95. The largest absolute Gasteiger partial charge is 0.481 e. The minimum Gasteiger partial charge on any atom is -0.481 e. The topological polar surface area (TPSA) is 73.6 Å². The number of hydrogen-bond donors (Lipinski definition) is 1. The number of carboxylic acid groups (broad SMARTS) is 1. The first-order valence-electron chi connectivity index (χ1n) is 6.64. The second-order valence-electron chi connectivity index (χ2n) is 5.16. The molecule has 1 N–H and O–H groups in total. The summed E-state index contributed by atoms with van der Waals surface area (Å²) in [6, 6.07) is 0. The lowest BCUT2D eigenvalue weighted by Crippen LogP contribution is -2.36. The van der Waals surface area contributed by atoms with Crippen molar-refractivity contribution in [1.29, 1.82) is 0 Å². The van der Waals surface area contributed by atoms with Crippen molar-refractivity contribution < 1.29 is 19.4 Å². The number of ether oxygens (including phenoxy) is 2. The minimum absolute atomic E-state index is 0.0968. The summed E-state index contributed by atoms with van der Waals surface area (Å²) in [5, 5.41) is 13.3. The van der Waals surface area contributed by atoms with E-state index in [-0.39, 0.29) is 6.42 Å². The summed E-state index contributed by atoms with van der Waals surface area (Å²) in [4.78, 5) is 10.6. The Morgan fingerprint density at radius 3 is 2.89 bits per heavy atom. The number of aliphatic carboxylic acids is 1. The van der Waals surface area contributed by atoms with E-state index >= 15 is 0 Å². The van der Waals surface area contributed by atoms with Gasteiger partial charge in [0.25, 0.3) is 0 Å². The first-order valence-corrected chi connectivity index (χ1v) is 6.64. The predicted octanol–water partition coefficient (Wildman–Crippen LogP) is 0.898. The van der Waals surface area contributed by atoms with Crippen LogP contribution in [0.25, 0.3) is 0 Å². The Labute approximate surface area is 111 Å². The molecule has 2 heterocycles. The van der Waals surface area contributed by atoms with Crippen LogP contribution < -0.4 is 0 Å². The summed E-state index contributed by atoms with van der Waals surface area (Å²) in [7, 11) is 0. The number of aromatic nitrogens is 2. The molecule has 6 nitrogen and oxygen atoms in total. The average Bonchev–Trinajstić information content (AvgIpc) is 2.94. The van der Waals surface area contributed by atoms with Gasteiger partial charge in [-0.1, -0.05) is 0 Å². The van der Waals surface area contributed by atoms with Crippen molar-refractivity contribution in [3.05, 3.63) is 17.0 Å². The Morgan fingerprint density at radius 2 is 2.21 bits per heavy atom. The molecule has 0 unspecified atom stereocenters. The highest BCUT2D eigenvalue weighted by molar-refractivity contribution is 5.66. The normalized spacial score (nSPS) is 20.7. The van der Waals surface area contributed by atoms with Gasteiger partial charge in [0.05, 0.1) is 31.9 Å². The van der Waals surface area contributed by atoms with Gasteiger partial charge in [-0.15, -0.1) is 0 Å². The molecule has 1 aromatic rings. The van der Waals surface area contributed by atoms with Gasteiger partial charge in [-0.2, -0.15) is 5.10 Å². The van der Waals surface area contributed by atoms with Gasteiger partial charge >= 0.3 is 5.97 Å². The first-order chi connectivity index (χ1) is 9.10. The van der Waals surface area contributed by atoms with Crippen LogP contribution in [0, 0.1) is 6.92 Å². The van der Waals surface area contributed by atoms with Crippen LogP contribution in [0.1, 0.15) is 29.8 Å². The van der Waals surface area contributed by atoms with Gasteiger partial charge in [0.2, 0.25) is 0 Å². The van der Waals surface area contributed by atoms with Gasteiger partial charge < -0.3 is 14.6 Å². The summed E-state index contributed by atoms with van der Waals surface area (Å²) in [6.07, 6.45) is 2.48. The van der Waals surface area contributed by atoms with Crippen molar-refractivity contribution in [3.63, 3.8) is 0 Å². The number of hydrogen-bond acceptors (Lipinski definition) is 4. The Bertz CT molecular complexity index is 503. The van der Waals surface area contributed by atoms with Crippen LogP contribution in [-0.2, 0) is 33.7 Å². The van der Waals surface area contributed by atoms with Crippen LogP contribution in [0.4, 0.5) is 0 Å². The fourth-order valence-corrected chi connectivity index (χ4v) is 2.91. The van der Waals surface area contributed by atoms with E-state index in [0.29, 0.717) is 19.8 Å². The highest BCUT2D eigenvalue weighted by Gasteiger charge is 2.41. The maximum Gasteiger partial charge on any atom is 0.305 e. The van der Waals surface area contributed by atoms with Gasteiger partial charge in [-0.3, -0.25) is 9.48 Å². The third-order valence-corrected chi connectivity index (χ3v) is 3.95. The molecule has 1 saturated heterocycles. The number of aryl methyl sites for hydroxylation is 2. The van der Waals surface area contributed by atoms with E-state index in [1.807, 2.05) is 6.92 Å². The van der Waals surface area contributed by atoms with Crippen molar-refractivity contribution >= 4 is 5.97 Å². The molecule has 0 bridgehead atoms. The molecule has 19 heavy (non-hydrogen) atoms. The van der Waals surface area contributed by atoms with Crippen molar-refractivity contribution in [1.82, 2.24) is 9.78 Å². The van der Waals surface area contributed by atoms with Gasteiger partial charge in [0.15, 0.2) is 5.79 Å². The zero-order valence-corrected chi connectivity index (χ0v) is 11.0. The maximum absolute atomic E-state index is 10.6. The smallest absolute Gasteiger partial charge is 0.305 e. The van der Waals surface area contributed by atoms with Crippen LogP contribution in [0.3, 0.4) is 0 Å². The first kappa shape index (κ1) is 12.6. The van der Waals surface area contributed by atoms with Crippen LogP contribution in [0.15, 0.2) is 0 Å². The summed E-state index contributed by atoms with van der Waals surface area (Å²) in [5.74, 6) is -1.26. The molecule has 0 atom stereocenters. The second kappa shape index (κ2) is 4.61. The average molecular weight is 266 g/mol. The fraction of sp³-hybridized carbons (Fsp3) is 0.692. The number of fused-ring (bicyclic) bond motifs is 1. The molecule has 1 aromatic heterocycles. The van der Waals surface area contributed by atoms with E-state index in [1.165, 1.54) is 5.56 Å². The summed E-state index contributed by atoms with van der Waals surface area (Å²) < 4.78 is 13.3. The lowest BCUT2D eigenvalue weighted by Gasteiger charge is -2.30. The van der Waals surface area contributed by atoms with Crippen LogP contribution in [0.5, 0.6) is 0 Å². The van der Waals surface area contributed by atoms with Gasteiger partial charge in [-0.25, -0.2) is 0 Å². The number of carboxylic acids is 1. The predicted molar refractivity (Wildman–Crippen MR) is 65.9 cm³/mol. The van der Waals surface area contributed by atoms with Crippen molar-refractivity contribution in [2.45, 2.75) is 44.9 Å². The molecule has 0 aromatic carbocycles.